The maximum atomic E-state index is 12.8. The fourth-order valence-electron chi connectivity index (χ4n) is 3.79. The van der Waals surface area contributed by atoms with Gasteiger partial charge in [0.15, 0.2) is 0 Å². The highest BCUT2D eigenvalue weighted by Gasteiger charge is 2.14. The van der Waals surface area contributed by atoms with Gasteiger partial charge in [0.25, 0.3) is 5.91 Å². The molecule has 0 unspecified atom stereocenters. The molecule has 0 bridgehead atoms. The number of aromatic nitrogens is 2. The van der Waals surface area contributed by atoms with E-state index in [-0.39, 0.29) is 18.4 Å². The van der Waals surface area contributed by atoms with Crippen LogP contribution in [-0.4, -0.2) is 27.9 Å². The molecule has 6 nitrogen and oxygen atoms in total. The molecule has 0 fully saturated rings. The maximum absolute atomic E-state index is 12.8. The summed E-state index contributed by atoms with van der Waals surface area (Å²) in [5.41, 5.74) is 5.40. The number of hydrogen-bond donors (Lipinski definition) is 2. The number of carbonyl (C=O) groups is 2. The average molecular weight is 441 g/mol. The van der Waals surface area contributed by atoms with Crippen LogP contribution in [-0.2, 0) is 17.8 Å². The van der Waals surface area contributed by atoms with Gasteiger partial charge in [0.1, 0.15) is 12.4 Å². The predicted octanol–water partition coefficient (Wildman–Crippen LogP) is 4.65. The van der Waals surface area contributed by atoms with Gasteiger partial charge in [-0.2, -0.15) is 0 Å². The maximum Gasteiger partial charge on any atom is 0.251 e. The van der Waals surface area contributed by atoms with E-state index in [9.17, 15) is 9.59 Å². The third kappa shape index (κ3) is 5.47. The first-order valence-corrected chi connectivity index (χ1v) is 11.2. The van der Waals surface area contributed by atoms with Crippen LogP contribution in [0.15, 0.2) is 72.8 Å². The molecule has 0 aliphatic heterocycles. The number of hydrogen-bond acceptors (Lipinski definition) is 3. The van der Waals surface area contributed by atoms with Crippen molar-refractivity contribution in [1.29, 1.82) is 0 Å². The number of benzene rings is 3. The van der Waals surface area contributed by atoms with Gasteiger partial charge in [0, 0.05) is 24.2 Å². The lowest BCUT2D eigenvalue weighted by molar-refractivity contribution is -0.116. The molecule has 168 valence electrons. The smallest absolute Gasteiger partial charge is 0.251 e. The van der Waals surface area contributed by atoms with Crippen LogP contribution in [0.25, 0.3) is 11.0 Å². The van der Waals surface area contributed by atoms with E-state index in [4.69, 9.17) is 4.98 Å². The molecule has 33 heavy (non-hydrogen) atoms. The first kappa shape index (κ1) is 22.3. The molecule has 2 amide bonds. The number of carbonyl (C=O) groups excluding carboxylic acids is 2. The Bertz CT molecular complexity index is 1280. The zero-order valence-electron chi connectivity index (χ0n) is 19.0. The molecule has 4 aromatic rings. The highest BCUT2D eigenvalue weighted by atomic mass is 16.2. The normalized spacial score (nSPS) is 10.8. The predicted molar refractivity (Wildman–Crippen MR) is 131 cm³/mol. The monoisotopic (exact) mass is 440 g/mol. The Labute approximate surface area is 193 Å². The van der Waals surface area contributed by atoms with Crippen LogP contribution < -0.4 is 10.6 Å². The zero-order valence-corrected chi connectivity index (χ0v) is 19.0. The summed E-state index contributed by atoms with van der Waals surface area (Å²) < 4.78 is 1.96. The van der Waals surface area contributed by atoms with E-state index >= 15 is 0 Å². The summed E-state index contributed by atoms with van der Waals surface area (Å²) in [6.07, 6.45) is 1.38. The molecule has 3 aromatic carbocycles. The van der Waals surface area contributed by atoms with E-state index in [0.717, 1.165) is 40.1 Å². The van der Waals surface area contributed by atoms with E-state index in [1.807, 2.05) is 91.2 Å². The zero-order chi connectivity index (χ0) is 23.2. The molecule has 0 saturated heterocycles. The summed E-state index contributed by atoms with van der Waals surface area (Å²) >= 11 is 0. The number of aryl methyl sites for hydroxylation is 3. The highest BCUT2D eigenvalue weighted by molar-refractivity contribution is 5.94. The Kier molecular flexibility index (Phi) is 6.83. The minimum absolute atomic E-state index is 0.0823. The molecule has 0 saturated carbocycles. The van der Waals surface area contributed by atoms with Crippen LogP contribution in [0.2, 0.25) is 0 Å². The second-order valence-corrected chi connectivity index (χ2v) is 8.19. The Morgan fingerprint density at radius 1 is 0.909 bits per heavy atom. The lowest BCUT2D eigenvalue weighted by Crippen LogP contribution is -2.25. The Morgan fingerprint density at radius 3 is 2.42 bits per heavy atom. The molecule has 0 spiro atoms. The number of nitrogens with zero attached hydrogens (tertiary/aromatic N) is 2. The molecule has 0 radical (unpaired) electrons. The van der Waals surface area contributed by atoms with Crippen molar-refractivity contribution < 1.29 is 9.59 Å². The number of rotatable bonds is 8. The molecule has 1 heterocycles. The van der Waals surface area contributed by atoms with E-state index in [2.05, 4.69) is 10.6 Å². The van der Waals surface area contributed by atoms with Gasteiger partial charge in [-0.15, -0.1) is 0 Å². The van der Waals surface area contributed by atoms with Crippen LogP contribution in [0.1, 0.15) is 33.7 Å². The van der Waals surface area contributed by atoms with Crippen LogP contribution in [0.4, 0.5) is 5.69 Å². The van der Waals surface area contributed by atoms with Crippen LogP contribution >= 0.6 is 0 Å². The number of nitrogens with one attached hydrogen (secondary N) is 2. The Balaban J connectivity index is 1.41. The molecule has 0 aliphatic rings. The van der Waals surface area contributed by atoms with Gasteiger partial charge < -0.3 is 15.2 Å². The number of fused-ring (bicyclic) bond motifs is 1. The van der Waals surface area contributed by atoms with Crippen molar-refractivity contribution in [2.24, 2.45) is 0 Å². The topological polar surface area (TPSA) is 76.0 Å². The van der Waals surface area contributed by atoms with Crippen LogP contribution in [0.3, 0.4) is 0 Å². The van der Waals surface area contributed by atoms with Crippen LogP contribution in [0.5, 0.6) is 0 Å². The lowest BCUT2D eigenvalue weighted by Gasteiger charge is -2.12. The Hall–Kier alpha value is -3.93. The van der Waals surface area contributed by atoms with Crippen molar-refractivity contribution in [2.45, 2.75) is 33.2 Å². The molecule has 0 atom stereocenters. The second kappa shape index (κ2) is 10.1. The first-order valence-electron chi connectivity index (χ1n) is 11.2. The van der Waals surface area contributed by atoms with Crippen molar-refractivity contribution in [3.8, 4) is 0 Å². The van der Waals surface area contributed by atoms with E-state index in [1.165, 1.54) is 0 Å². The van der Waals surface area contributed by atoms with E-state index < -0.39 is 0 Å². The number of amides is 2. The fourth-order valence-corrected chi connectivity index (χ4v) is 3.79. The van der Waals surface area contributed by atoms with Crippen molar-refractivity contribution in [3.05, 3.63) is 95.3 Å². The fraction of sp³-hybridized carbons (Fsp3) is 0.222. The first-order chi connectivity index (χ1) is 16.0. The second-order valence-electron chi connectivity index (χ2n) is 8.19. The molecule has 2 N–H and O–H groups in total. The standard InChI is InChI=1S/C27H28N4O2/c1-19-13-15-21(16-14-19)27(33)28-17-7-12-25-29-23-10-5-6-11-24(23)31(25)18-26(32)30-22-9-4-3-8-20(22)2/h3-6,8-11,13-16H,7,12,17-18H2,1-2H3,(H,28,33)(H,30,32). The van der Waals surface area contributed by atoms with Gasteiger partial charge in [0.05, 0.1) is 11.0 Å². The van der Waals surface area contributed by atoms with Gasteiger partial charge >= 0.3 is 0 Å². The summed E-state index contributed by atoms with van der Waals surface area (Å²) in [5, 5.41) is 5.97. The minimum atomic E-state index is -0.0959. The van der Waals surface area contributed by atoms with Crippen molar-refractivity contribution >= 4 is 28.5 Å². The molecule has 0 aliphatic carbocycles. The van der Waals surface area contributed by atoms with Gasteiger partial charge in [-0.25, -0.2) is 4.98 Å². The summed E-state index contributed by atoms with van der Waals surface area (Å²) in [6.45, 7) is 4.68. The summed E-state index contributed by atoms with van der Waals surface area (Å²) in [5.74, 6) is 0.656. The molecule has 4 rings (SSSR count). The van der Waals surface area contributed by atoms with Crippen molar-refractivity contribution in [2.75, 3.05) is 11.9 Å². The highest BCUT2D eigenvalue weighted by Crippen LogP contribution is 2.18. The number of para-hydroxylation sites is 3. The molecule has 6 heteroatoms. The van der Waals surface area contributed by atoms with Crippen LogP contribution in [0, 0.1) is 13.8 Å². The molecular formula is C27H28N4O2. The average Bonchev–Trinajstić information content (AvgIpc) is 3.15. The summed E-state index contributed by atoms with van der Waals surface area (Å²) in [6, 6.07) is 23.1. The van der Waals surface area contributed by atoms with E-state index in [1.54, 1.807) is 0 Å². The largest absolute Gasteiger partial charge is 0.352 e. The quantitative estimate of drug-likeness (QED) is 0.392. The third-order valence-electron chi connectivity index (χ3n) is 5.63. The summed E-state index contributed by atoms with van der Waals surface area (Å²) in [4.78, 5) is 29.9. The third-order valence-corrected chi connectivity index (χ3v) is 5.63. The SMILES string of the molecule is Cc1ccc(C(=O)NCCCc2nc3ccccc3n2CC(=O)Nc2ccccc2C)cc1. The van der Waals surface area contributed by atoms with Crippen molar-refractivity contribution in [1.82, 2.24) is 14.9 Å². The lowest BCUT2D eigenvalue weighted by atomic mass is 10.1. The van der Waals surface area contributed by atoms with Gasteiger partial charge in [-0.3, -0.25) is 9.59 Å². The van der Waals surface area contributed by atoms with Crippen molar-refractivity contribution in [3.63, 3.8) is 0 Å². The van der Waals surface area contributed by atoms with Gasteiger partial charge in [0.2, 0.25) is 5.91 Å². The minimum Gasteiger partial charge on any atom is -0.352 e. The number of anilines is 1. The van der Waals surface area contributed by atoms with E-state index in [0.29, 0.717) is 18.5 Å². The van der Waals surface area contributed by atoms with Gasteiger partial charge in [-0.1, -0.05) is 48.0 Å². The molecule has 1 aromatic heterocycles. The molecular weight excluding hydrogens is 412 g/mol. The van der Waals surface area contributed by atoms with Gasteiger partial charge in [-0.05, 0) is 56.2 Å². The summed E-state index contributed by atoms with van der Waals surface area (Å²) in [7, 11) is 0. The number of imidazole rings is 1. The Morgan fingerprint density at radius 2 is 1.64 bits per heavy atom.